The Bertz CT molecular complexity index is 200. The SMILES string of the molecule is NC(CO)CN1CCCN2CCCC2C1. The summed E-state index contributed by atoms with van der Waals surface area (Å²) in [7, 11) is 0. The number of rotatable bonds is 3. The molecule has 2 atom stereocenters. The molecule has 0 saturated carbocycles. The van der Waals surface area contributed by atoms with Gasteiger partial charge in [-0.05, 0) is 38.9 Å². The Morgan fingerprint density at radius 3 is 2.87 bits per heavy atom. The maximum Gasteiger partial charge on any atom is 0.0595 e. The number of hydrogen-bond donors (Lipinski definition) is 2. The molecule has 0 amide bonds. The molecule has 88 valence electrons. The van der Waals surface area contributed by atoms with Crippen LogP contribution in [0.1, 0.15) is 19.3 Å². The zero-order valence-corrected chi connectivity index (χ0v) is 9.44. The minimum atomic E-state index is -0.0713. The van der Waals surface area contributed by atoms with Crippen LogP contribution in [-0.2, 0) is 0 Å². The summed E-state index contributed by atoms with van der Waals surface area (Å²) in [5, 5.41) is 8.96. The maximum absolute atomic E-state index is 8.96. The number of nitrogens with two attached hydrogens (primary N) is 1. The lowest BCUT2D eigenvalue weighted by atomic mass is 10.2. The van der Waals surface area contributed by atoms with Crippen LogP contribution in [-0.4, -0.2) is 66.3 Å². The number of fused-ring (bicyclic) bond motifs is 1. The summed E-state index contributed by atoms with van der Waals surface area (Å²) in [5.41, 5.74) is 5.79. The molecule has 2 aliphatic heterocycles. The molecule has 2 heterocycles. The number of aliphatic hydroxyl groups excluding tert-OH is 1. The maximum atomic E-state index is 8.96. The van der Waals surface area contributed by atoms with Crippen LogP contribution < -0.4 is 5.73 Å². The molecule has 2 fully saturated rings. The highest BCUT2D eigenvalue weighted by atomic mass is 16.3. The van der Waals surface area contributed by atoms with E-state index in [1.54, 1.807) is 0 Å². The van der Waals surface area contributed by atoms with Crippen molar-refractivity contribution in [2.24, 2.45) is 5.73 Å². The van der Waals surface area contributed by atoms with Crippen molar-refractivity contribution in [3.8, 4) is 0 Å². The summed E-state index contributed by atoms with van der Waals surface area (Å²) < 4.78 is 0. The van der Waals surface area contributed by atoms with Gasteiger partial charge >= 0.3 is 0 Å². The average Bonchev–Trinajstić information content (AvgIpc) is 2.58. The molecule has 0 aliphatic carbocycles. The second-order valence-corrected chi connectivity index (χ2v) is 4.89. The molecule has 0 bridgehead atoms. The zero-order chi connectivity index (χ0) is 10.7. The van der Waals surface area contributed by atoms with Gasteiger partial charge in [0.25, 0.3) is 0 Å². The van der Waals surface area contributed by atoms with E-state index in [1.807, 2.05) is 0 Å². The van der Waals surface area contributed by atoms with Gasteiger partial charge in [0.1, 0.15) is 0 Å². The lowest BCUT2D eigenvalue weighted by Gasteiger charge is -2.27. The van der Waals surface area contributed by atoms with Crippen LogP contribution in [0.4, 0.5) is 0 Å². The largest absolute Gasteiger partial charge is 0.395 e. The molecule has 0 spiro atoms. The van der Waals surface area contributed by atoms with Gasteiger partial charge in [-0.3, -0.25) is 4.90 Å². The van der Waals surface area contributed by atoms with Crippen LogP contribution in [0.5, 0.6) is 0 Å². The van der Waals surface area contributed by atoms with Gasteiger partial charge in [0.15, 0.2) is 0 Å². The first-order valence-electron chi connectivity index (χ1n) is 6.12. The Kier molecular flexibility index (Phi) is 3.97. The van der Waals surface area contributed by atoms with Crippen molar-refractivity contribution in [3.63, 3.8) is 0 Å². The molecule has 2 saturated heterocycles. The van der Waals surface area contributed by atoms with Crippen LogP contribution in [0.2, 0.25) is 0 Å². The van der Waals surface area contributed by atoms with Gasteiger partial charge in [-0.25, -0.2) is 0 Å². The van der Waals surface area contributed by atoms with Crippen molar-refractivity contribution in [3.05, 3.63) is 0 Å². The number of hydrogen-bond acceptors (Lipinski definition) is 4. The van der Waals surface area contributed by atoms with Crippen LogP contribution >= 0.6 is 0 Å². The van der Waals surface area contributed by atoms with E-state index >= 15 is 0 Å². The lowest BCUT2D eigenvalue weighted by molar-refractivity contribution is 0.184. The predicted molar refractivity (Wildman–Crippen MR) is 60.7 cm³/mol. The van der Waals surface area contributed by atoms with Gasteiger partial charge in [0, 0.05) is 25.2 Å². The molecule has 15 heavy (non-hydrogen) atoms. The highest BCUT2D eigenvalue weighted by Gasteiger charge is 2.28. The van der Waals surface area contributed by atoms with E-state index in [0.717, 1.165) is 25.7 Å². The molecule has 0 aromatic heterocycles. The molecule has 2 aliphatic rings. The summed E-state index contributed by atoms with van der Waals surface area (Å²) in [6.45, 7) is 5.76. The first-order valence-corrected chi connectivity index (χ1v) is 6.12. The normalized spacial score (nSPS) is 31.2. The minimum Gasteiger partial charge on any atom is -0.395 e. The minimum absolute atomic E-state index is 0.0713. The van der Waals surface area contributed by atoms with E-state index in [1.165, 1.54) is 32.4 Å². The van der Waals surface area contributed by atoms with Gasteiger partial charge in [-0.2, -0.15) is 0 Å². The van der Waals surface area contributed by atoms with Gasteiger partial charge in [-0.1, -0.05) is 0 Å². The summed E-state index contributed by atoms with van der Waals surface area (Å²) in [4.78, 5) is 5.04. The van der Waals surface area contributed by atoms with E-state index in [0.29, 0.717) is 0 Å². The average molecular weight is 213 g/mol. The molecular formula is C11H23N3O. The monoisotopic (exact) mass is 213 g/mol. The molecule has 4 nitrogen and oxygen atoms in total. The van der Waals surface area contributed by atoms with Crippen LogP contribution in [0.25, 0.3) is 0 Å². The van der Waals surface area contributed by atoms with Crippen LogP contribution in [0.15, 0.2) is 0 Å². The van der Waals surface area contributed by atoms with E-state index in [9.17, 15) is 0 Å². The number of aliphatic hydroxyl groups is 1. The topological polar surface area (TPSA) is 52.7 Å². The molecular weight excluding hydrogens is 190 g/mol. The van der Waals surface area contributed by atoms with Crippen LogP contribution in [0, 0.1) is 0 Å². The third-order valence-corrected chi connectivity index (χ3v) is 3.61. The molecule has 4 heteroatoms. The van der Waals surface area contributed by atoms with E-state index in [-0.39, 0.29) is 12.6 Å². The highest BCUT2D eigenvalue weighted by molar-refractivity contribution is 4.85. The Morgan fingerprint density at radius 1 is 1.27 bits per heavy atom. The van der Waals surface area contributed by atoms with Crippen LogP contribution in [0.3, 0.4) is 0 Å². The van der Waals surface area contributed by atoms with Crippen molar-refractivity contribution in [2.75, 3.05) is 39.3 Å². The molecule has 0 aromatic rings. The summed E-state index contributed by atoms with van der Waals surface area (Å²) >= 11 is 0. The Hall–Kier alpha value is -0.160. The summed E-state index contributed by atoms with van der Waals surface area (Å²) in [6, 6.07) is 0.677. The predicted octanol–water partition coefficient (Wildman–Crippen LogP) is -0.524. The number of nitrogens with zero attached hydrogens (tertiary/aromatic N) is 2. The fraction of sp³-hybridized carbons (Fsp3) is 1.00. The van der Waals surface area contributed by atoms with E-state index < -0.39 is 0 Å². The quantitative estimate of drug-likeness (QED) is 0.662. The molecule has 2 rings (SSSR count). The summed E-state index contributed by atoms with van der Waals surface area (Å²) in [5.74, 6) is 0. The fourth-order valence-corrected chi connectivity index (χ4v) is 2.84. The van der Waals surface area contributed by atoms with Gasteiger partial charge in [-0.15, -0.1) is 0 Å². The first kappa shape index (κ1) is 11.3. The summed E-state index contributed by atoms with van der Waals surface area (Å²) in [6.07, 6.45) is 3.93. The molecule has 2 unspecified atom stereocenters. The Morgan fingerprint density at radius 2 is 2.07 bits per heavy atom. The first-order chi connectivity index (χ1) is 7.29. The molecule has 3 N–H and O–H groups in total. The van der Waals surface area contributed by atoms with E-state index in [2.05, 4.69) is 9.80 Å². The standard InChI is InChI=1S/C11H23N3O/c12-10(9-15)7-13-4-2-6-14-5-1-3-11(14)8-13/h10-11,15H,1-9,12H2. The van der Waals surface area contributed by atoms with Crippen molar-refractivity contribution >= 4 is 0 Å². The van der Waals surface area contributed by atoms with Crippen molar-refractivity contribution in [2.45, 2.75) is 31.3 Å². The van der Waals surface area contributed by atoms with Gasteiger partial charge in [0.2, 0.25) is 0 Å². The molecule has 0 aromatic carbocycles. The van der Waals surface area contributed by atoms with Crippen molar-refractivity contribution < 1.29 is 5.11 Å². The van der Waals surface area contributed by atoms with Gasteiger partial charge < -0.3 is 15.7 Å². The third kappa shape index (κ3) is 2.91. The Labute approximate surface area is 92.0 Å². The zero-order valence-electron chi connectivity index (χ0n) is 9.44. The van der Waals surface area contributed by atoms with E-state index in [4.69, 9.17) is 10.8 Å². The highest BCUT2D eigenvalue weighted by Crippen LogP contribution is 2.21. The second-order valence-electron chi connectivity index (χ2n) is 4.89. The smallest absolute Gasteiger partial charge is 0.0595 e. The van der Waals surface area contributed by atoms with Crippen molar-refractivity contribution in [1.82, 2.24) is 9.80 Å². The lowest BCUT2D eigenvalue weighted by Crippen LogP contribution is -2.43. The van der Waals surface area contributed by atoms with Crippen molar-refractivity contribution in [1.29, 1.82) is 0 Å². The Balaban J connectivity index is 1.85. The molecule has 0 radical (unpaired) electrons. The third-order valence-electron chi connectivity index (χ3n) is 3.61. The second kappa shape index (κ2) is 5.25. The van der Waals surface area contributed by atoms with Gasteiger partial charge in [0.05, 0.1) is 6.61 Å². The fourth-order valence-electron chi connectivity index (χ4n) is 2.84.